The van der Waals surface area contributed by atoms with Crippen molar-refractivity contribution >= 4 is 52.8 Å². The number of aliphatic imine (C=N–C) groups is 1. The highest BCUT2D eigenvalue weighted by Crippen LogP contribution is 2.31. The van der Waals surface area contributed by atoms with E-state index in [1.807, 2.05) is 0 Å². The third-order valence-corrected chi connectivity index (χ3v) is 7.19. The number of hydrogen-bond donors (Lipinski definition) is 2. The van der Waals surface area contributed by atoms with Crippen molar-refractivity contribution in [2.24, 2.45) is 4.99 Å². The van der Waals surface area contributed by atoms with Crippen LogP contribution >= 0.6 is 11.6 Å². The summed E-state index contributed by atoms with van der Waals surface area (Å²) in [5.41, 5.74) is 1.89. The summed E-state index contributed by atoms with van der Waals surface area (Å²) in [6.07, 6.45) is -7.98. The maximum absolute atomic E-state index is 14.7. The Kier molecular flexibility index (Phi) is 11.9. The van der Waals surface area contributed by atoms with E-state index < -0.39 is 79.0 Å². The number of esters is 4. The van der Waals surface area contributed by atoms with Crippen molar-refractivity contribution in [1.82, 2.24) is 5.32 Å². The van der Waals surface area contributed by atoms with E-state index in [1.165, 1.54) is 6.07 Å². The molecule has 1 amide bonds. The van der Waals surface area contributed by atoms with Gasteiger partial charge in [0.2, 0.25) is 5.91 Å². The van der Waals surface area contributed by atoms with Gasteiger partial charge in [0.05, 0.1) is 25.4 Å². The van der Waals surface area contributed by atoms with Gasteiger partial charge in [0.25, 0.3) is 0 Å². The topological polar surface area (TPSA) is 177 Å². The molecule has 0 aliphatic carbocycles. The SMILES string of the molecule is COC(=O)[C@H]1O[C@@H](OCC(=O)NC[C@@H]2CN=C(c3ccccc3F)c3cc(Cl)ccc3N2)[C@H](OC(C)=O)[C@@H](OC(C)=O)[C@@H]1OC(C)=O. The molecule has 4 rings (SSSR count). The monoisotopic (exact) mass is 677 g/mol. The lowest BCUT2D eigenvalue weighted by Crippen LogP contribution is -2.64. The molecule has 0 spiro atoms. The van der Waals surface area contributed by atoms with Crippen LogP contribution in [0, 0.1) is 5.82 Å². The number of carbonyl (C=O) groups excluding carboxylic acids is 5. The first-order valence-electron chi connectivity index (χ1n) is 14.4. The van der Waals surface area contributed by atoms with Crippen LogP contribution in [0.3, 0.4) is 0 Å². The van der Waals surface area contributed by atoms with Crippen LogP contribution < -0.4 is 10.6 Å². The number of anilines is 1. The highest BCUT2D eigenvalue weighted by Gasteiger charge is 2.55. The fraction of sp³-hybridized carbons (Fsp3) is 0.419. The van der Waals surface area contributed by atoms with Crippen LogP contribution in [0.5, 0.6) is 0 Å². The fourth-order valence-corrected chi connectivity index (χ4v) is 5.22. The standard InChI is InChI=1S/C31H33ClFN3O11/c1-15(37)44-26-27(45-16(2)38)29(46-17(3)39)31(47-28(26)30(41)42-4)43-14-24(40)34-12-19-13-35-25(20-7-5-6-8-22(20)33)21-11-18(32)9-10-23(21)36-19/h5-11,19,26-29,31,36H,12-14H2,1-4H3,(H,34,40)/t19-,26+,27+,28+,29-,31-/m1/s1. The number of halogens is 2. The van der Waals surface area contributed by atoms with Crippen LogP contribution in [-0.2, 0) is 52.4 Å². The molecule has 0 bridgehead atoms. The number of ether oxygens (including phenoxy) is 6. The van der Waals surface area contributed by atoms with Crippen LogP contribution in [0.15, 0.2) is 47.5 Å². The average Bonchev–Trinajstić information content (AvgIpc) is 3.19. The van der Waals surface area contributed by atoms with E-state index in [1.54, 1.807) is 36.4 Å². The predicted molar refractivity (Wildman–Crippen MR) is 162 cm³/mol. The Bertz CT molecular complexity index is 1550. The van der Waals surface area contributed by atoms with Crippen LogP contribution in [0.2, 0.25) is 5.02 Å². The van der Waals surface area contributed by atoms with Crippen molar-refractivity contribution in [3.63, 3.8) is 0 Å². The second-order valence-electron chi connectivity index (χ2n) is 10.5. The summed E-state index contributed by atoms with van der Waals surface area (Å²) in [6.45, 7) is 2.71. The molecule has 1 fully saturated rings. The summed E-state index contributed by atoms with van der Waals surface area (Å²) in [4.78, 5) is 65.9. The first-order valence-corrected chi connectivity index (χ1v) is 14.7. The van der Waals surface area contributed by atoms with Gasteiger partial charge in [-0.05, 0) is 30.3 Å². The van der Waals surface area contributed by atoms with Gasteiger partial charge >= 0.3 is 23.9 Å². The molecular formula is C31H33ClFN3O11. The molecule has 0 unspecified atom stereocenters. The van der Waals surface area contributed by atoms with Gasteiger partial charge in [-0.15, -0.1) is 0 Å². The number of methoxy groups -OCH3 is 1. The number of fused-ring (bicyclic) bond motifs is 1. The smallest absolute Gasteiger partial charge is 0.339 e. The molecule has 2 aliphatic heterocycles. The van der Waals surface area contributed by atoms with Crippen LogP contribution in [0.25, 0.3) is 0 Å². The third kappa shape index (κ3) is 9.02. The molecule has 6 atom stereocenters. The van der Waals surface area contributed by atoms with Gasteiger partial charge in [0.15, 0.2) is 30.7 Å². The molecule has 0 aromatic heterocycles. The van der Waals surface area contributed by atoms with Gasteiger partial charge in [-0.25, -0.2) is 9.18 Å². The Morgan fingerprint density at radius 1 is 0.957 bits per heavy atom. The molecule has 2 heterocycles. The molecule has 47 heavy (non-hydrogen) atoms. The largest absolute Gasteiger partial charge is 0.467 e. The van der Waals surface area contributed by atoms with Crippen molar-refractivity contribution in [1.29, 1.82) is 0 Å². The number of nitrogens with zero attached hydrogens (tertiary/aromatic N) is 1. The predicted octanol–water partition coefficient (Wildman–Crippen LogP) is 1.94. The molecule has 2 aliphatic rings. The van der Waals surface area contributed by atoms with E-state index in [4.69, 9.17) is 40.0 Å². The quantitative estimate of drug-likeness (QED) is 0.276. The van der Waals surface area contributed by atoms with Gasteiger partial charge in [-0.1, -0.05) is 23.7 Å². The maximum atomic E-state index is 14.7. The molecule has 2 N–H and O–H groups in total. The summed E-state index contributed by atoms with van der Waals surface area (Å²) < 4.78 is 46.5. The van der Waals surface area contributed by atoms with E-state index >= 15 is 0 Å². The molecule has 2 aromatic carbocycles. The number of benzodiazepines with no additional fused rings is 1. The Labute approximate surface area is 273 Å². The van der Waals surface area contributed by atoms with Crippen molar-refractivity contribution in [3.05, 3.63) is 64.4 Å². The van der Waals surface area contributed by atoms with E-state index in [-0.39, 0.29) is 13.1 Å². The fourth-order valence-electron chi connectivity index (χ4n) is 5.05. The lowest BCUT2D eigenvalue weighted by atomic mass is 9.97. The number of nitrogens with one attached hydrogen (secondary N) is 2. The Hall–Kier alpha value is -4.60. The highest BCUT2D eigenvalue weighted by atomic mass is 35.5. The van der Waals surface area contributed by atoms with Crippen molar-refractivity contribution in [2.45, 2.75) is 57.5 Å². The molecule has 14 nitrogen and oxygen atoms in total. The summed E-state index contributed by atoms with van der Waals surface area (Å²) in [5, 5.41) is 6.42. The Morgan fingerprint density at radius 3 is 2.28 bits per heavy atom. The lowest BCUT2D eigenvalue weighted by Gasteiger charge is -2.43. The van der Waals surface area contributed by atoms with Crippen molar-refractivity contribution in [2.75, 3.05) is 32.1 Å². The van der Waals surface area contributed by atoms with Crippen molar-refractivity contribution in [3.8, 4) is 0 Å². The molecule has 2 aromatic rings. The molecule has 0 radical (unpaired) electrons. The first-order chi connectivity index (χ1) is 22.4. The Morgan fingerprint density at radius 2 is 1.62 bits per heavy atom. The maximum Gasteiger partial charge on any atom is 0.339 e. The number of rotatable bonds is 10. The van der Waals surface area contributed by atoms with Crippen LogP contribution in [0.4, 0.5) is 10.1 Å². The van der Waals surface area contributed by atoms with Gasteiger partial charge in [-0.3, -0.25) is 24.2 Å². The molecular weight excluding hydrogens is 645 g/mol. The second kappa shape index (κ2) is 15.8. The van der Waals surface area contributed by atoms with Crippen LogP contribution in [0.1, 0.15) is 31.9 Å². The Balaban J connectivity index is 1.48. The molecule has 0 saturated carbocycles. The third-order valence-electron chi connectivity index (χ3n) is 6.95. The average molecular weight is 678 g/mol. The van der Waals surface area contributed by atoms with Gasteiger partial charge in [0.1, 0.15) is 12.4 Å². The summed E-state index contributed by atoms with van der Waals surface area (Å²) >= 11 is 6.24. The number of amides is 1. The zero-order valence-corrected chi connectivity index (χ0v) is 26.6. The number of benzene rings is 2. The first kappa shape index (κ1) is 35.3. The minimum Gasteiger partial charge on any atom is -0.467 e. The van der Waals surface area contributed by atoms with Gasteiger partial charge in [0, 0.05) is 49.2 Å². The highest BCUT2D eigenvalue weighted by molar-refractivity contribution is 6.31. The summed E-state index contributed by atoms with van der Waals surface area (Å²) in [7, 11) is 1.05. The summed E-state index contributed by atoms with van der Waals surface area (Å²) in [6, 6.07) is 10.8. The van der Waals surface area contributed by atoms with Crippen molar-refractivity contribution < 1.29 is 56.8 Å². The molecule has 16 heteroatoms. The normalized spacial score (nSPS) is 23.5. The molecule has 1 saturated heterocycles. The van der Waals surface area contributed by atoms with E-state index in [0.717, 1.165) is 27.9 Å². The number of hydrogen-bond acceptors (Lipinski definition) is 13. The zero-order valence-electron chi connectivity index (χ0n) is 25.8. The summed E-state index contributed by atoms with van der Waals surface area (Å²) in [5.74, 6) is -4.66. The van der Waals surface area contributed by atoms with E-state index in [0.29, 0.717) is 27.5 Å². The second-order valence-corrected chi connectivity index (χ2v) is 10.9. The lowest BCUT2D eigenvalue weighted by molar-refractivity contribution is -0.300. The van der Waals surface area contributed by atoms with E-state index in [9.17, 15) is 28.4 Å². The minimum absolute atomic E-state index is 0.0482. The zero-order chi connectivity index (χ0) is 34.2. The number of carbonyl (C=O) groups is 5. The van der Waals surface area contributed by atoms with E-state index in [2.05, 4.69) is 15.6 Å². The van der Waals surface area contributed by atoms with Crippen LogP contribution in [-0.4, -0.2) is 99.1 Å². The molecule has 252 valence electrons. The van der Waals surface area contributed by atoms with Gasteiger partial charge in [-0.2, -0.15) is 0 Å². The minimum atomic E-state index is -1.67. The van der Waals surface area contributed by atoms with Gasteiger partial charge < -0.3 is 39.1 Å².